The van der Waals surface area contributed by atoms with E-state index in [9.17, 15) is 19.2 Å². The van der Waals surface area contributed by atoms with E-state index in [4.69, 9.17) is 44.0 Å². The number of anilines is 2. The molecule has 0 unspecified atom stereocenters. The van der Waals surface area contributed by atoms with E-state index in [1.54, 1.807) is 45.5 Å². The number of nitrogens with one attached hydrogen (secondary N) is 1. The molecule has 0 saturated heterocycles. The highest BCUT2D eigenvalue weighted by Crippen LogP contribution is 2.41. The molecule has 0 radical (unpaired) electrons. The normalized spacial score (nSPS) is 13.7. The summed E-state index contributed by atoms with van der Waals surface area (Å²) in [6.45, 7) is 28.0. The molecule has 83 heavy (non-hydrogen) atoms. The number of hydrogen-bond acceptors (Lipinski definition) is 19. The predicted octanol–water partition coefficient (Wildman–Crippen LogP) is 10.9. The standard InChI is InChI=1S/C37H51N7O4S.C23H26N6O4S/c1-10-14-20-43(21-15-11-2)30(46)23-42(13-4)31-19-18-29(49-31)39-33-34(37(6,7)8)41-44-35(33)40-32(26(12-3)36(44)47)27-22-25(38-24(5)45)16-17-28(27)48-9;1-11-9-13(18(31-6)24-10-11)14-12(2)20(30)29-17(25-14)15(16(28-29)23(3,4)5)26-22-27-19(32-7)21(33-8)34-22/h16-19,22H,10-15,20-21,23H2,1-9H3,(H,38,45);9-10H,1-8H3. The predicted molar refractivity (Wildman–Crippen MR) is 333 cm³/mol. The molecular formula is C60H77N13O8S2. The van der Waals surface area contributed by atoms with Gasteiger partial charge in [0.05, 0.1) is 68.4 Å². The SMILES string of the molecule is CCCCN(CCCC)C(=O)CN(CC)c1ccc(N=C2C(C(C)(C)C)=Nn3c2nc(-c2cc(NC(C)=O)ccc2OC)c(CC)c3=O)s1.COc1ncc(C)cc1-c1nc2n(c(=O)c1C)N=C(C(C)(C)C)C2=Nc1nc(OC)c(OC)s1. The van der Waals surface area contributed by atoms with Crippen molar-refractivity contribution in [3.63, 3.8) is 0 Å². The summed E-state index contributed by atoms with van der Waals surface area (Å²) in [7, 11) is 6.15. The summed E-state index contributed by atoms with van der Waals surface area (Å²) in [5.74, 6) is 1.84. The number of rotatable bonds is 20. The van der Waals surface area contributed by atoms with Crippen LogP contribution in [0, 0.1) is 24.7 Å². The van der Waals surface area contributed by atoms with E-state index >= 15 is 0 Å². The van der Waals surface area contributed by atoms with Crippen LogP contribution in [-0.4, -0.2) is 123 Å². The molecule has 2 amide bonds. The summed E-state index contributed by atoms with van der Waals surface area (Å²) >= 11 is 2.72. The third kappa shape index (κ3) is 13.8. The van der Waals surface area contributed by atoms with Gasteiger partial charge in [0, 0.05) is 66.0 Å². The molecule has 0 fully saturated rings. The summed E-state index contributed by atoms with van der Waals surface area (Å²) in [4.78, 5) is 85.3. The fraction of sp³-hybridized carbons (Fsp3) is 0.467. The minimum Gasteiger partial charge on any atom is -0.496 e. The molecule has 8 rings (SSSR count). The van der Waals surface area contributed by atoms with Crippen LogP contribution in [0.1, 0.15) is 130 Å². The third-order valence-electron chi connectivity index (χ3n) is 13.6. The Balaban J connectivity index is 0.000000254. The highest BCUT2D eigenvalue weighted by atomic mass is 32.1. The lowest BCUT2D eigenvalue weighted by atomic mass is 9.87. The number of fused-ring (bicyclic) bond motifs is 2. The van der Waals surface area contributed by atoms with E-state index in [2.05, 4.69) is 46.1 Å². The Morgan fingerprint density at radius 1 is 0.711 bits per heavy atom. The number of unbranched alkanes of at least 4 members (excludes halogenated alkanes) is 2. The number of aryl methyl sites for hydroxylation is 1. The molecule has 0 saturated carbocycles. The minimum atomic E-state index is -0.447. The molecule has 5 aromatic heterocycles. The average molecular weight is 1170 g/mol. The number of pyridine rings is 1. The fourth-order valence-corrected chi connectivity index (χ4v) is 10.9. The van der Waals surface area contributed by atoms with Crippen molar-refractivity contribution in [1.29, 1.82) is 0 Å². The van der Waals surface area contributed by atoms with Gasteiger partial charge in [-0.05, 0) is 82.0 Å². The van der Waals surface area contributed by atoms with Crippen LogP contribution < -0.4 is 40.3 Å². The quantitative estimate of drug-likeness (QED) is 0.0750. The number of aliphatic imine (C=N–C) groups is 2. The van der Waals surface area contributed by atoms with Crippen LogP contribution in [0.15, 0.2) is 72.4 Å². The van der Waals surface area contributed by atoms with Crippen molar-refractivity contribution in [2.24, 2.45) is 31.0 Å². The van der Waals surface area contributed by atoms with Crippen molar-refractivity contribution in [3.05, 3.63) is 91.6 Å². The van der Waals surface area contributed by atoms with Gasteiger partial charge < -0.3 is 34.1 Å². The third-order valence-corrected chi connectivity index (χ3v) is 15.5. The number of thiophene rings is 1. The lowest BCUT2D eigenvalue weighted by molar-refractivity contribution is -0.129. The Kier molecular flexibility index (Phi) is 20.0. The first-order chi connectivity index (χ1) is 39.4. The first-order valence-corrected chi connectivity index (χ1v) is 29.4. The van der Waals surface area contributed by atoms with Gasteiger partial charge in [-0.15, -0.1) is 0 Å². The molecule has 1 aromatic carbocycles. The second-order valence-corrected chi connectivity index (χ2v) is 23.9. The van der Waals surface area contributed by atoms with Gasteiger partial charge in [0.2, 0.25) is 27.9 Å². The lowest BCUT2D eigenvalue weighted by Crippen LogP contribution is -2.41. The molecule has 2 aliphatic heterocycles. The van der Waals surface area contributed by atoms with E-state index in [0.717, 1.165) is 54.3 Å². The largest absolute Gasteiger partial charge is 0.496 e. The Hall–Kier alpha value is -7.92. The summed E-state index contributed by atoms with van der Waals surface area (Å²) in [5, 5.41) is 14.8. The van der Waals surface area contributed by atoms with E-state index in [1.807, 2.05) is 78.5 Å². The highest BCUT2D eigenvalue weighted by Gasteiger charge is 2.38. The first-order valence-electron chi connectivity index (χ1n) is 27.8. The van der Waals surface area contributed by atoms with E-state index in [0.29, 0.717) is 121 Å². The Morgan fingerprint density at radius 2 is 1.33 bits per heavy atom. The second kappa shape index (κ2) is 26.5. The van der Waals surface area contributed by atoms with Gasteiger partial charge in [-0.2, -0.15) is 24.5 Å². The molecule has 21 nitrogen and oxygen atoms in total. The zero-order valence-corrected chi connectivity index (χ0v) is 52.5. The molecule has 1 N–H and O–H groups in total. The van der Waals surface area contributed by atoms with E-state index in [-0.39, 0.29) is 22.9 Å². The maximum atomic E-state index is 14.1. The van der Waals surface area contributed by atoms with E-state index < -0.39 is 10.8 Å². The number of hydrogen-bond donors (Lipinski definition) is 1. The smallest absolute Gasteiger partial charge is 0.278 e. The number of thiazole rings is 1. The molecule has 7 heterocycles. The molecule has 2 aliphatic rings. The molecular weight excluding hydrogens is 1090 g/mol. The lowest BCUT2D eigenvalue weighted by Gasteiger charge is -2.27. The van der Waals surface area contributed by atoms with Gasteiger partial charge in [-0.25, -0.2) is 24.9 Å². The van der Waals surface area contributed by atoms with E-state index in [1.165, 1.54) is 53.2 Å². The number of benzene rings is 1. The van der Waals surface area contributed by atoms with Crippen LogP contribution in [0.3, 0.4) is 0 Å². The summed E-state index contributed by atoms with van der Waals surface area (Å²) in [5.41, 5.74) is 5.36. The molecule has 0 bridgehead atoms. The van der Waals surface area contributed by atoms with Gasteiger partial charge >= 0.3 is 0 Å². The number of carbonyl (C=O) groups excluding carboxylic acids is 2. The number of nitrogens with zero attached hydrogens (tertiary/aromatic N) is 12. The van der Waals surface area contributed by atoms with Crippen molar-refractivity contribution in [2.45, 2.75) is 122 Å². The minimum absolute atomic E-state index is 0.137. The monoisotopic (exact) mass is 1170 g/mol. The zero-order valence-electron chi connectivity index (χ0n) is 50.9. The zero-order chi connectivity index (χ0) is 60.7. The Labute approximate surface area is 493 Å². The summed E-state index contributed by atoms with van der Waals surface area (Å²) in [6.07, 6.45) is 6.19. The van der Waals surface area contributed by atoms with Crippen LogP contribution in [0.5, 0.6) is 22.6 Å². The number of methoxy groups -OCH3 is 4. The molecule has 442 valence electrons. The van der Waals surface area contributed by atoms with Gasteiger partial charge in [0.1, 0.15) is 22.2 Å². The van der Waals surface area contributed by atoms with Gasteiger partial charge in [0.15, 0.2) is 11.6 Å². The van der Waals surface area contributed by atoms with Gasteiger partial charge in [-0.1, -0.05) is 97.8 Å². The summed E-state index contributed by atoms with van der Waals surface area (Å²) < 4.78 is 24.4. The fourth-order valence-electron chi connectivity index (χ4n) is 9.23. The number of carbonyl (C=O) groups is 2. The van der Waals surface area contributed by atoms with Gasteiger partial charge in [0.25, 0.3) is 17.0 Å². The molecule has 0 aliphatic carbocycles. The number of ether oxygens (including phenoxy) is 4. The second-order valence-electron chi connectivity index (χ2n) is 22.0. The number of amides is 2. The maximum Gasteiger partial charge on any atom is 0.278 e. The topological polar surface area (TPSA) is 235 Å². The summed E-state index contributed by atoms with van der Waals surface area (Å²) in [6, 6.07) is 11.1. The number of likely N-dealkylation sites (N-methyl/N-ethyl adjacent to an activating group) is 1. The van der Waals surface area contributed by atoms with Crippen LogP contribution in [0.4, 0.5) is 20.8 Å². The Bertz CT molecular complexity index is 3620. The molecule has 23 heteroatoms. The van der Waals surface area contributed by atoms with Crippen molar-refractivity contribution < 1.29 is 28.5 Å². The van der Waals surface area contributed by atoms with Crippen molar-refractivity contribution in [1.82, 2.24) is 34.2 Å². The highest BCUT2D eigenvalue weighted by molar-refractivity contribution is 7.19. The number of aromatic nitrogens is 6. The average Bonchev–Trinajstić information content (AvgIpc) is 3.00. The van der Waals surface area contributed by atoms with Gasteiger partial charge in [-0.3, -0.25) is 19.2 Å². The van der Waals surface area contributed by atoms with Crippen LogP contribution in [0.2, 0.25) is 0 Å². The van der Waals surface area contributed by atoms with Crippen LogP contribution in [0.25, 0.3) is 22.5 Å². The van der Waals surface area contributed by atoms with Crippen molar-refractivity contribution in [3.8, 4) is 45.1 Å². The molecule has 0 spiro atoms. The van der Waals surface area contributed by atoms with Crippen LogP contribution >= 0.6 is 22.7 Å². The molecule has 0 atom stereocenters. The maximum absolute atomic E-state index is 14.1. The first kappa shape index (κ1) is 62.7. The van der Waals surface area contributed by atoms with Crippen molar-refractivity contribution >= 4 is 78.2 Å². The van der Waals surface area contributed by atoms with Crippen LogP contribution in [-0.2, 0) is 16.0 Å². The Morgan fingerprint density at radius 3 is 1.87 bits per heavy atom. The molecule has 6 aromatic rings. The van der Waals surface area contributed by atoms with Crippen molar-refractivity contribution in [2.75, 3.05) is 64.8 Å².